The van der Waals surface area contributed by atoms with Crippen LogP contribution in [0.5, 0.6) is 11.5 Å². The zero-order valence-electron chi connectivity index (χ0n) is 9.99. The van der Waals surface area contributed by atoms with E-state index in [4.69, 9.17) is 4.74 Å². The molecule has 0 N–H and O–H groups in total. The van der Waals surface area contributed by atoms with E-state index < -0.39 is 12.3 Å². The third kappa shape index (κ3) is 3.30. The van der Waals surface area contributed by atoms with E-state index in [0.717, 1.165) is 0 Å². The maximum absolute atomic E-state index is 12.1. The van der Waals surface area contributed by atoms with Crippen LogP contribution >= 0.6 is 0 Å². The van der Waals surface area contributed by atoms with Crippen molar-refractivity contribution in [3.63, 3.8) is 0 Å². The van der Waals surface area contributed by atoms with E-state index in [2.05, 4.69) is 9.47 Å². The summed E-state index contributed by atoms with van der Waals surface area (Å²) in [6.07, 6.45) is -4.69. The first-order chi connectivity index (χ1) is 8.89. The first kappa shape index (κ1) is 13.5. The van der Waals surface area contributed by atoms with Gasteiger partial charge >= 0.3 is 12.3 Å². The normalized spacial score (nSPS) is 17.6. The number of carbonyl (C=O) groups is 1. The molecule has 0 saturated carbocycles. The Morgan fingerprint density at radius 3 is 2.84 bits per heavy atom. The number of rotatable bonds is 3. The largest absolute Gasteiger partial charge is 0.573 e. The van der Waals surface area contributed by atoms with E-state index in [1.807, 2.05) is 0 Å². The molecule has 0 saturated heterocycles. The molecule has 1 aromatic carbocycles. The van der Waals surface area contributed by atoms with Gasteiger partial charge in [-0.3, -0.25) is 4.79 Å². The maximum Gasteiger partial charge on any atom is 0.573 e. The first-order valence-electron chi connectivity index (χ1n) is 5.48. The second kappa shape index (κ2) is 4.99. The number of ether oxygens (including phenoxy) is 3. The second-order valence-corrected chi connectivity index (χ2v) is 4.04. The van der Waals surface area contributed by atoms with Crippen molar-refractivity contribution in [3.8, 4) is 11.5 Å². The number of carbonyl (C=O) groups excluding carboxylic acids is 1. The monoisotopic (exact) mass is 276 g/mol. The van der Waals surface area contributed by atoms with E-state index in [1.54, 1.807) is 0 Å². The van der Waals surface area contributed by atoms with E-state index in [9.17, 15) is 18.0 Å². The summed E-state index contributed by atoms with van der Waals surface area (Å²) >= 11 is 0. The predicted molar refractivity (Wildman–Crippen MR) is 58.0 cm³/mol. The summed E-state index contributed by atoms with van der Waals surface area (Å²) in [5, 5.41) is 0. The molecule has 4 nitrogen and oxygen atoms in total. The molecule has 1 unspecified atom stereocenters. The summed E-state index contributed by atoms with van der Waals surface area (Å²) in [4.78, 5) is 11.2. The highest BCUT2D eigenvalue weighted by Gasteiger charge is 2.33. The lowest BCUT2D eigenvalue weighted by atomic mass is 9.98. The Labute approximate surface area is 107 Å². The molecule has 1 heterocycles. The fourth-order valence-corrected chi connectivity index (χ4v) is 1.91. The zero-order chi connectivity index (χ0) is 14.0. The highest BCUT2D eigenvalue weighted by Crippen LogP contribution is 2.39. The van der Waals surface area contributed by atoms with E-state index in [0.29, 0.717) is 11.3 Å². The van der Waals surface area contributed by atoms with Crippen LogP contribution in [-0.2, 0) is 9.53 Å². The van der Waals surface area contributed by atoms with Crippen molar-refractivity contribution in [1.29, 1.82) is 0 Å². The molecule has 1 atom stereocenters. The van der Waals surface area contributed by atoms with E-state index in [-0.39, 0.29) is 24.7 Å². The van der Waals surface area contributed by atoms with Crippen molar-refractivity contribution < 1.29 is 32.2 Å². The van der Waals surface area contributed by atoms with Gasteiger partial charge in [0.2, 0.25) is 0 Å². The lowest BCUT2D eigenvalue weighted by Crippen LogP contribution is -2.17. The molecule has 104 valence electrons. The molecule has 2 rings (SSSR count). The summed E-state index contributed by atoms with van der Waals surface area (Å²) in [6, 6.07) is 3.81. The van der Waals surface area contributed by atoms with Gasteiger partial charge in [-0.1, -0.05) is 0 Å². The van der Waals surface area contributed by atoms with Crippen LogP contribution in [0.2, 0.25) is 0 Å². The molecule has 0 aromatic heterocycles. The van der Waals surface area contributed by atoms with Crippen LogP contribution in [0.25, 0.3) is 0 Å². The van der Waals surface area contributed by atoms with Crippen molar-refractivity contribution >= 4 is 5.97 Å². The molecular weight excluding hydrogens is 265 g/mol. The highest BCUT2D eigenvalue weighted by molar-refractivity contribution is 5.71. The zero-order valence-corrected chi connectivity index (χ0v) is 9.99. The van der Waals surface area contributed by atoms with Crippen LogP contribution in [0.1, 0.15) is 17.9 Å². The smallest absolute Gasteiger partial charge is 0.493 e. The minimum atomic E-state index is -4.74. The Kier molecular flexibility index (Phi) is 3.55. The third-order valence-corrected chi connectivity index (χ3v) is 2.74. The van der Waals surface area contributed by atoms with Crippen LogP contribution in [0, 0.1) is 0 Å². The predicted octanol–water partition coefficient (Wildman–Crippen LogP) is 2.62. The van der Waals surface area contributed by atoms with Crippen molar-refractivity contribution in [2.75, 3.05) is 13.7 Å². The van der Waals surface area contributed by atoms with Crippen molar-refractivity contribution in [1.82, 2.24) is 0 Å². The van der Waals surface area contributed by atoms with E-state index in [1.165, 1.54) is 25.3 Å². The van der Waals surface area contributed by atoms with Gasteiger partial charge in [-0.15, -0.1) is 13.2 Å². The van der Waals surface area contributed by atoms with Crippen LogP contribution < -0.4 is 9.47 Å². The van der Waals surface area contributed by atoms with E-state index >= 15 is 0 Å². The lowest BCUT2D eigenvalue weighted by Gasteiger charge is -2.11. The number of hydrogen-bond acceptors (Lipinski definition) is 4. The third-order valence-electron chi connectivity index (χ3n) is 2.74. The molecule has 0 amide bonds. The van der Waals surface area contributed by atoms with Crippen molar-refractivity contribution in [3.05, 3.63) is 23.8 Å². The molecule has 0 spiro atoms. The van der Waals surface area contributed by atoms with Crippen LogP contribution in [0.3, 0.4) is 0 Å². The first-order valence-corrected chi connectivity index (χ1v) is 5.48. The summed E-state index contributed by atoms with van der Waals surface area (Å²) in [5.41, 5.74) is 0.521. The molecule has 0 bridgehead atoms. The van der Waals surface area contributed by atoms with Crippen LogP contribution in [-0.4, -0.2) is 26.0 Å². The Hall–Kier alpha value is -1.92. The number of fused-ring (bicyclic) bond motifs is 1. The molecule has 1 aliphatic heterocycles. The summed E-state index contributed by atoms with van der Waals surface area (Å²) in [5.74, 6) is -0.627. The quantitative estimate of drug-likeness (QED) is 0.796. The van der Waals surface area contributed by atoms with Crippen molar-refractivity contribution in [2.45, 2.75) is 18.7 Å². The van der Waals surface area contributed by atoms with Crippen LogP contribution in [0.15, 0.2) is 18.2 Å². The summed E-state index contributed by atoms with van der Waals surface area (Å²) < 4.78 is 50.0. The average Bonchev–Trinajstić information content (AvgIpc) is 2.70. The number of methoxy groups -OCH3 is 1. The lowest BCUT2D eigenvalue weighted by molar-refractivity contribution is -0.274. The van der Waals surface area contributed by atoms with Crippen molar-refractivity contribution in [2.24, 2.45) is 0 Å². The fourth-order valence-electron chi connectivity index (χ4n) is 1.91. The number of esters is 1. The highest BCUT2D eigenvalue weighted by atomic mass is 19.4. The summed E-state index contributed by atoms with van der Waals surface area (Å²) in [7, 11) is 1.25. The number of alkyl halides is 3. The second-order valence-electron chi connectivity index (χ2n) is 4.04. The number of halogens is 3. The van der Waals surface area contributed by atoms with Gasteiger partial charge in [0.25, 0.3) is 0 Å². The van der Waals surface area contributed by atoms with Gasteiger partial charge in [0, 0.05) is 11.5 Å². The van der Waals surface area contributed by atoms with Gasteiger partial charge in [0.15, 0.2) is 0 Å². The molecule has 1 aromatic rings. The SMILES string of the molecule is COC(=O)CC1COc2ccc(OC(F)(F)F)cc21. The minimum Gasteiger partial charge on any atom is -0.493 e. The topological polar surface area (TPSA) is 44.8 Å². The van der Waals surface area contributed by atoms with Gasteiger partial charge in [-0.05, 0) is 18.2 Å². The number of hydrogen-bond donors (Lipinski definition) is 0. The summed E-state index contributed by atoms with van der Waals surface area (Å²) in [6.45, 7) is 0.236. The van der Waals surface area contributed by atoms with Gasteiger partial charge in [-0.2, -0.15) is 0 Å². The Morgan fingerprint density at radius 2 is 2.21 bits per heavy atom. The maximum atomic E-state index is 12.1. The number of benzene rings is 1. The Bertz CT molecular complexity index is 484. The molecular formula is C12H11F3O4. The van der Waals surface area contributed by atoms with Gasteiger partial charge in [0.1, 0.15) is 11.5 Å². The van der Waals surface area contributed by atoms with Crippen LogP contribution in [0.4, 0.5) is 13.2 Å². The van der Waals surface area contributed by atoms with Gasteiger partial charge in [-0.25, -0.2) is 0 Å². The van der Waals surface area contributed by atoms with Gasteiger partial charge in [0.05, 0.1) is 20.1 Å². The fraction of sp³-hybridized carbons (Fsp3) is 0.417. The molecule has 7 heteroatoms. The Morgan fingerprint density at radius 1 is 1.47 bits per heavy atom. The molecule has 0 aliphatic carbocycles. The average molecular weight is 276 g/mol. The standard InChI is InChI=1S/C12H11F3O4/c1-17-11(16)4-7-6-18-10-3-2-8(5-9(7)10)19-12(13,14)15/h2-3,5,7H,4,6H2,1H3. The molecule has 0 radical (unpaired) electrons. The molecule has 0 fully saturated rings. The molecule has 19 heavy (non-hydrogen) atoms. The Balaban J connectivity index is 2.18. The minimum absolute atomic E-state index is 0.0545. The molecule has 1 aliphatic rings. The van der Waals surface area contributed by atoms with Gasteiger partial charge < -0.3 is 14.2 Å².